The molecule has 0 spiro atoms. The van der Waals surface area contributed by atoms with Gasteiger partial charge in [-0.1, -0.05) is 42.4 Å². The van der Waals surface area contributed by atoms with Crippen LogP contribution >= 0.6 is 0 Å². The van der Waals surface area contributed by atoms with Crippen molar-refractivity contribution < 1.29 is 17.7 Å². The molecule has 2 saturated heterocycles. The number of rotatable bonds is 8. The number of nitrogens with one attached hydrogen (secondary N) is 1. The summed E-state index contributed by atoms with van der Waals surface area (Å²) >= 11 is 0. The van der Waals surface area contributed by atoms with Gasteiger partial charge in [0.15, 0.2) is 5.69 Å². The Hall–Kier alpha value is -2.23. The maximum absolute atomic E-state index is 13.5. The smallest absolute Gasteiger partial charge is 0.282 e. The lowest BCUT2D eigenvalue weighted by molar-refractivity contribution is 0.0903. The van der Waals surface area contributed by atoms with Crippen LogP contribution in [0.1, 0.15) is 92.4 Å². The van der Waals surface area contributed by atoms with Gasteiger partial charge >= 0.3 is 0 Å². The van der Waals surface area contributed by atoms with Crippen molar-refractivity contribution in [1.29, 1.82) is 0 Å². The number of benzene rings is 1. The molecular weight excluding hydrogens is 476 g/mol. The fourth-order valence-corrected chi connectivity index (χ4v) is 7.63. The monoisotopic (exact) mass is 514 g/mol. The Morgan fingerprint density at radius 1 is 1.11 bits per heavy atom. The second-order valence-corrected chi connectivity index (χ2v) is 12.8. The van der Waals surface area contributed by atoms with Gasteiger partial charge in [0.2, 0.25) is 0 Å². The second kappa shape index (κ2) is 10.6. The molecule has 0 unspecified atom stereocenters. The zero-order valence-corrected chi connectivity index (χ0v) is 22.1. The lowest BCUT2D eigenvalue weighted by atomic mass is 9.85. The maximum Gasteiger partial charge on any atom is 0.282 e. The van der Waals surface area contributed by atoms with E-state index >= 15 is 0 Å². The number of hydrogen-bond acceptors (Lipinski definition) is 5. The number of carbonyl (C=O) groups excluding carboxylic acids is 1. The summed E-state index contributed by atoms with van der Waals surface area (Å²) in [4.78, 5) is 12.6. The van der Waals surface area contributed by atoms with Gasteiger partial charge in [-0.15, -0.1) is 0 Å². The number of piperidine rings is 2. The average molecular weight is 515 g/mol. The Balaban J connectivity index is 1.10. The van der Waals surface area contributed by atoms with E-state index in [2.05, 4.69) is 41.7 Å². The Labute approximate surface area is 214 Å². The minimum absolute atomic E-state index is 0.0785. The molecule has 8 nitrogen and oxygen atoms in total. The molecule has 3 heterocycles. The van der Waals surface area contributed by atoms with E-state index in [4.69, 9.17) is 4.52 Å². The number of amides is 1. The molecule has 1 aromatic heterocycles. The molecule has 1 saturated carbocycles. The average Bonchev–Trinajstić information content (AvgIpc) is 3.60. The van der Waals surface area contributed by atoms with Crippen molar-refractivity contribution in [2.75, 3.05) is 19.6 Å². The first kappa shape index (κ1) is 25.4. The summed E-state index contributed by atoms with van der Waals surface area (Å²) in [7, 11) is -3.52. The highest BCUT2D eigenvalue weighted by Gasteiger charge is 2.39. The van der Waals surface area contributed by atoms with Crippen LogP contribution in [0.2, 0.25) is 0 Å². The van der Waals surface area contributed by atoms with Gasteiger partial charge in [-0.25, -0.2) is 0 Å². The third kappa shape index (κ3) is 5.68. The van der Waals surface area contributed by atoms with Gasteiger partial charge in [0.1, 0.15) is 5.76 Å². The van der Waals surface area contributed by atoms with E-state index in [1.54, 1.807) is 14.7 Å². The first-order valence-corrected chi connectivity index (χ1v) is 14.8. The maximum atomic E-state index is 13.5. The minimum atomic E-state index is -3.52. The summed E-state index contributed by atoms with van der Waals surface area (Å²) in [5.41, 5.74) is 1.66. The van der Waals surface area contributed by atoms with Crippen LogP contribution in [-0.2, 0) is 10.2 Å². The van der Waals surface area contributed by atoms with Crippen LogP contribution in [0.5, 0.6) is 0 Å². The zero-order chi connectivity index (χ0) is 25.3. The SMILES string of the molecule is C[C@H](CC1CCN(S(=O)(=O)N2CC[C@H](NC(=O)c3cc(C4CC4)on3)C[C@@H]2C)CC1)c1ccccc1. The van der Waals surface area contributed by atoms with E-state index in [1.165, 1.54) is 5.56 Å². The number of hydrogen-bond donors (Lipinski definition) is 1. The van der Waals surface area contributed by atoms with Crippen LogP contribution in [0.25, 0.3) is 0 Å². The molecule has 0 bridgehead atoms. The molecule has 5 rings (SSSR count). The molecule has 36 heavy (non-hydrogen) atoms. The number of carbonyl (C=O) groups is 1. The molecule has 1 aromatic carbocycles. The highest BCUT2D eigenvalue weighted by atomic mass is 32.2. The van der Waals surface area contributed by atoms with Gasteiger partial charge in [-0.05, 0) is 69.3 Å². The first-order valence-electron chi connectivity index (χ1n) is 13.4. The van der Waals surface area contributed by atoms with Crippen molar-refractivity contribution in [3.8, 4) is 0 Å². The third-order valence-electron chi connectivity index (χ3n) is 8.14. The van der Waals surface area contributed by atoms with E-state index in [-0.39, 0.29) is 18.0 Å². The van der Waals surface area contributed by atoms with Gasteiger partial charge in [0.05, 0.1) is 0 Å². The molecule has 3 aliphatic rings. The van der Waals surface area contributed by atoms with Crippen LogP contribution < -0.4 is 5.32 Å². The van der Waals surface area contributed by atoms with Crippen molar-refractivity contribution in [3.63, 3.8) is 0 Å². The second-order valence-electron chi connectivity index (χ2n) is 10.9. The van der Waals surface area contributed by atoms with Crippen molar-refractivity contribution in [2.45, 2.75) is 82.7 Å². The summed E-state index contributed by atoms with van der Waals surface area (Å²) in [6.45, 7) is 5.76. The van der Waals surface area contributed by atoms with Gasteiger partial charge in [-0.2, -0.15) is 17.0 Å². The van der Waals surface area contributed by atoms with Crippen molar-refractivity contribution in [3.05, 3.63) is 53.4 Å². The van der Waals surface area contributed by atoms with Gasteiger partial charge in [0, 0.05) is 43.7 Å². The van der Waals surface area contributed by atoms with Gasteiger partial charge in [0.25, 0.3) is 16.1 Å². The lowest BCUT2D eigenvalue weighted by Crippen LogP contribution is -2.55. The standard InChI is InChI=1S/C27H38N4O4S/c1-19(22-6-4-3-5-7-22)16-21-10-13-30(14-11-21)36(33,34)31-15-12-24(17-20(31)2)28-27(32)25-18-26(35-29-25)23-8-9-23/h3-7,18-21,23-24H,8-17H2,1-2H3,(H,28,32)/t19-,20+,24+/m1/s1. The highest BCUT2D eigenvalue weighted by molar-refractivity contribution is 7.86. The molecule has 9 heteroatoms. The molecule has 3 atom stereocenters. The van der Waals surface area contributed by atoms with E-state index in [9.17, 15) is 13.2 Å². The summed E-state index contributed by atoms with van der Waals surface area (Å²) in [6.07, 6.45) is 6.25. The molecule has 0 radical (unpaired) electrons. The van der Waals surface area contributed by atoms with E-state index in [1.807, 2.05) is 13.0 Å². The summed E-state index contributed by atoms with van der Waals surface area (Å²) in [5.74, 6) is 1.97. The topological polar surface area (TPSA) is 95.8 Å². The minimum Gasteiger partial charge on any atom is -0.360 e. The van der Waals surface area contributed by atoms with Gasteiger partial charge < -0.3 is 9.84 Å². The number of aromatic nitrogens is 1. The quantitative estimate of drug-likeness (QED) is 0.567. The largest absolute Gasteiger partial charge is 0.360 e. The van der Waals surface area contributed by atoms with Crippen LogP contribution in [0.3, 0.4) is 0 Å². The molecular formula is C27H38N4O4S. The summed E-state index contributed by atoms with van der Waals surface area (Å²) in [5, 5.41) is 6.95. The third-order valence-corrected chi connectivity index (χ3v) is 10.3. The lowest BCUT2D eigenvalue weighted by Gasteiger charge is -2.41. The summed E-state index contributed by atoms with van der Waals surface area (Å²) < 4.78 is 35.5. The van der Waals surface area contributed by atoms with E-state index < -0.39 is 10.2 Å². The first-order chi connectivity index (χ1) is 17.3. The molecule has 1 N–H and O–H groups in total. The highest BCUT2D eigenvalue weighted by Crippen LogP contribution is 2.40. The van der Waals surface area contributed by atoms with Crippen molar-refractivity contribution in [1.82, 2.24) is 19.1 Å². The Morgan fingerprint density at radius 3 is 2.50 bits per heavy atom. The fraction of sp³-hybridized carbons (Fsp3) is 0.630. The Bertz CT molecular complexity index is 1140. The van der Waals surface area contributed by atoms with Crippen LogP contribution in [0.15, 0.2) is 40.9 Å². The van der Waals surface area contributed by atoms with Crippen LogP contribution in [0.4, 0.5) is 0 Å². The predicted molar refractivity (Wildman–Crippen MR) is 138 cm³/mol. The van der Waals surface area contributed by atoms with Crippen molar-refractivity contribution in [2.24, 2.45) is 5.92 Å². The molecule has 2 aromatic rings. The molecule has 1 amide bonds. The predicted octanol–water partition coefficient (Wildman–Crippen LogP) is 4.29. The molecule has 2 aliphatic heterocycles. The van der Waals surface area contributed by atoms with Crippen LogP contribution in [-0.4, -0.2) is 59.8 Å². The van der Waals surface area contributed by atoms with Gasteiger partial charge in [-0.3, -0.25) is 4.79 Å². The van der Waals surface area contributed by atoms with Crippen molar-refractivity contribution >= 4 is 16.1 Å². The Kier molecular flexibility index (Phi) is 7.51. The van der Waals surface area contributed by atoms with E-state index in [0.717, 1.165) is 37.9 Å². The fourth-order valence-electron chi connectivity index (χ4n) is 5.78. The molecule has 196 valence electrons. The molecule has 3 fully saturated rings. The van der Waals surface area contributed by atoms with Crippen LogP contribution in [0, 0.1) is 5.92 Å². The zero-order valence-electron chi connectivity index (χ0n) is 21.3. The summed E-state index contributed by atoms with van der Waals surface area (Å²) in [6, 6.07) is 12.0. The normalized spacial score (nSPS) is 25.5. The number of nitrogens with zero attached hydrogens (tertiary/aromatic N) is 3. The van der Waals surface area contributed by atoms with E-state index in [0.29, 0.717) is 55.9 Å². The molecule has 1 aliphatic carbocycles. The Morgan fingerprint density at radius 2 is 1.83 bits per heavy atom.